The predicted molar refractivity (Wildman–Crippen MR) is 90.9 cm³/mol. The Morgan fingerprint density at radius 3 is 2.70 bits per heavy atom. The van der Waals surface area contributed by atoms with Gasteiger partial charge in [0.25, 0.3) is 0 Å². The molecule has 0 aromatic heterocycles. The summed E-state index contributed by atoms with van der Waals surface area (Å²) in [6, 6.07) is 0. The van der Waals surface area contributed by atoms with Gasteiger partial charge >= 0.3 is 0 Å². The molecule has 4 aliphatic rings. The van der Waals surface area contributed by atoms with Crippen LogP contribution in [0.1, 0.15) is 65.7 Å². The minimum absolute atomic E-state index is 0.118. The maximum absolute atomic E-state index is 12.1. The molecule has 0 N–H and O–H groups in total. The topological polar surface area (TPSA) is 34.1 Å². The van der Waals surface area contributed by atoms with Crippen molar-refractivity contribution in [1.82, 2.24) is 0 Å². The maximum Gasteiger partial charge on any atom is 0.155 e. The highest BCUT2D eigenvalue weighted by Crippen LogP contribution is 2.64. The number of carbonyl (C=O) groups is 2. The number of hydrogen-bond acceptors (Lipinski definition) is 2. The smallest absolute Gasteiger partial charge is 0.155 e. The second-order valence-electron chi connectivity index (χ2n) is 8.83. The molecular formula is C21H28O2. The largest absolute Gasteiger partial charge is 0.300 e. The van der Waals surface area contributed by atoms with Crippen LogP contribution in [0, 0.1) is 28.6 Å². The average Bonchev–Trinajstić information content (AvgIpc) is 2.85. The van der Waals surface area contributed by atoms with Crippen molar-refractivity contribution in [2.45, 2.75) is 65.7 Å². The third kappa shape index (κ3) is 1.99. The van der Waals surface area contributed by atoms with Gasteiger partial charge in [0.1, 0.15) is 5.78 Å². The van der Waals surface area contributed by atoms with Gasteiger partial charge in [0, 0.05) is 17.8 Å². The van der Waals surface area contributed by atoms with Crippen LogP contribution in [0.5, 0.6) is 0 Å². The molecule has 4 rings (SSSR count). The molecule has 4 unspecified atom stereocenters. The Labute approximate surface area is 139 Å². The van der Waals surface area contributed by atoms with Crippen LogP contribution in [0.4, 0.5) is 0 Å². The quantitative estimate of drug-likeness (QED) is 0.661. The normalized spacial score (nSPS) is 45.5. The lowest BCUT2D eigenvalue weighted by molar-refractivity contribution is -0.124. The van der Waals surface area contributed by atoms with Crippen LogP contribution in [0.3, 0.4) is 0 Å². The van der Waals surface area contributed by atoms with Crippen molar-refractivity contribution in [1.29, 1.82) is 0 Å². The van der Waals surface area contributed by atoms with Gasteiger partial charge < -0.3 is 0 Å². The second-order valence-corrected chi connectivity index (χ2v) is 8.83. The van der Waals surface area contributed by atoms with Crippen LogP contribution in [0.25, 0.3) is 0 Å². The van der Waals surface area contributed by atoms with Gasteiger partial charge in [0.2, 0.25) is 0 Å². The highest BCUT2D eigenvalue weighted by Gasteiger charge is 2.56. The number of allylic oxidation sites excluding steroid dienone is 4. The first-order valence-corrected chi connectivity index (χ1v) is 9.31. The average molecular weight is 312 g/mol. The number of Topliss-reactive ketones (excluding diaryl/α,β-unsaturated/α-hetero) is 1. The van der Waals surface area contributed by atoms with E-state index in [2.05, 4.69) is 19.9 Å². The van der Waals surface area contributed by atoms with Crippen LogP contribution in [0.15, 0.2) is 23.3 Å². The number of hydrogen-bond donors (Lipinski definition) is 0. The lowest BCUT2D eigenvalue weighted by Crippen LogP contribution is -2.45. The molecule has 0 aromatic carbocycles. The van der Waals surface area contributed by atoms with E-state index in [4.69, 9.17) is 0 Å². The Hall–Kier alpha value is -1.18. The molecule has 0 amide bonds. The van der Waals surface area contributed by atoms with E-state index in [1.165, 1.54) is 18.4 Å². The van der Waals surface area contributed by atoms with Gasteiger partial charge in [-0.15, -0.1) is 0 Å². The zero-order valence-corrected chi connectivity index (χ0v) is 14.7. The minimum Gasteiger partial charge on any atom is -0.300 e. The molecule has 5 atom stereocenters. The maximum atomic E-state index is 12.1. The molecule has 4 aliphatic carbocycles. The molecule has 0 spiro atoms. The highest BCUT2D eigenvalue weighted by molar-refractivity contribution is 5.92. The van der Waals surface area contributed by atoms with Crippen molar-refractivity contribution in [2.75, 3.05) is 0 Å². The number of carbonyl (C=O) groups excluding carboxylic acids is 2. The van der Waals surface area contributed by atoms with E-state index in [-0.39, 0.29) is 16.7 Å². The van der Waals surface area contributed by atoms with Crippen molar-refractivity contribution in [3.63, 3.8) is 0 Å². The van der Waals surface area contributed by atoms with E-state index < -0.39 is 0 Å². The molecule has 0 aliphatic heterocycles. The molecule has 0 heterocycles. The Bertz CT molecular complexity index is 640. The summed E-state index contributed by atoms with van der Waals surface area (Å²) in [6.45, 7) is 6.51. The zero-order valence-electron chi connectivity index (χ0n) is 14.7. The Kier molecular flexibility index (Phi) is 3.28. The fourth-order valence-electron chi connectivity index (χ4n) is 6.52. The molecule has 0 aromatic rings. The van der Waals surface area contributed by atoms with E-state index >= 15 is 0 Å². The van der Waals surface area contributed by atoms with Crippen LogP contribution >= 0.6 is 0 Å². The Morgan fingerprint density at radius 2 is 1.96 bits per heavy atom. The van der Waals surface area contributed by atoms with Gasteiger partial charge in [-0.1, -0.05) is 31.1 Å². The summed E-state index contributed by atoms with van der Waals surface area (Å²) in [5.74, 6) is 2.25. The van der Waals surface area contributed by atoms with E-state index in [1.807, 2.05) is 6.08 Å². The lowest BCUT2D eigenvalue weighted by Gasteiger charge is -2.53. The van der Waals surface area contributed by atoms with Gasteiger partial charge in [-0.3, -0.25) is 9.59 Å². The molecular weight excluding hydrogens is 284 g/mol. The summed E-state index contributed by atoms with van der Waals surface area (Å²) < 4.78 is 0. The molecule has 23 heavy (non-hydrogen) atoms. The van der Waals surface area contributed by atoms with E-state index in [0.717, 1.165) is 25.7 Å². The summed E-state index contributed by atoms with van der Waals surface area (Å²) in [5, 5.41) is 0. The molecule has 2 nitrogen and oxygen atoms in total. The molecule has 0 saturated heterocycles. The molecule has 2 saturated carbocycles. The monoisotopic (exact) mass is 312 g/mol. The number of ketones is 2. The Morgan fingerprint density at radius 1 is 1.17 bits per heavy atom. The third-order valence-electron chi connectivity index (χ3n) is 7.82. The van der Waals surface area contributed by atoms with Gasteiger partial charge in [-0.2, -0.15) is 0 Å². The summed E-state index contributed by atoms with van der Waals surface area (Å²) in [5.41, 5.74) is 3.27. The van der Waals surface area contributed by atoms with Gasteiger partial charge in [-0.25, -0.2) is 0 Å². The first kappa shape index (κ1) is 15.4. The third-order valence-corrected chi connectivity index (χ3v) is 7.82. The van der Waals surface area contributed by atoms with Crippen LogP contribution in [-0.4, -0.2) is 11.6 Å². The van der Waals surface area contributed by atoms with Gasteiger partial charge in [-0.05, 0) is 68.8 Å². The summed E-state index contributed by atoms with van der Waals surface area (Å²) in [7, 11) is 0. The predicted octanol–water partition coefficient (Wildman–Crippen LogP) is 4.64. The highest BCUT2D eigenvalue weighted by atomic mass is 16.1. The van der Waals surface area contributed by atoms with Crippen LogP contribution in [0.2, 0.25) is 0 Å². The van der Waals surface area contributed by atoms with E-state index in [0.29, 0.717) is 29.8 Å². The van der Waals surface area contributed by atoms with Gasteiger partial charge in [0.05, 0.1) is 0 Å². The SMILES string of the molecule is CC(=O)[C@H]1CCC2C3CCC4=CC(=O)CCC4(C)C3=CCC21C. The summed E-state index contributed by atoms with van der Waals surface area (Å²) in [4.78, 5) is 24.0. The number of rotatable bonds is 1. The summed E-state index contributed by atoms with van der Waals surface area (Å²) >= 11 is 0. The molecule has 124 valence electrons. The van der Waals surface area contributed by atoms with Crippen molar-refractivity contribution < 1.29 is 9.59 Å². The van der Waals surface area contributed by atoms with Crippen LogP contribution < -0.4 is 0 Å². The van der Waals surface area contributed by atoms with E-state index in [9.17, 15) is 9.59 Å². The standard InChI is InChI=1S/C21H28O2/c1-13(22)17-6-7-18-16-5-4-14-12-15(23)8-10-20(14,2)19(16)9-11-21(17,18)3/h9,12,16-18H,4-8,10-11H2,1-3H3/t16?,17-,18?,20?,21?/m1/s1. The molecule has 0 radical (unpaired) electrons. The number of fused-ring (bicyclic) bond motifs is 5. The fourth-order valence-corrected chi connectivity index (χ4v) is 6.52. The first-order valence-electron chi connectivity index (χ1n) is 9.31. The van der Waals surface area contributed by atoms with Crippen molar-refractivity contribution in [3.8, 4) is 0 Å². The fraction of sp³-hybridized carbons (Fsp3) is 0.714. The lowest BCUT2D eigenvalue weighted by atomic mass is 9.51. The first-order chi connectivity index (χ1) is 10.9. The second kappa shape index (κ2) is 4.91. The van der Waals surface area contributed by atoms with E-state index in [1.54, 1.807) is 12.5 Å². The molecule has 2 fully saturated rings. The summed E-state index contributed by atoms with van der Waals surface area (Å²) in [6.07, 6.45) is 11.7. The molecule has 2 heteroatoms. The van der Waals surface area contributed by atoms with Gasteiger partial charge in [0.15, 0.2) is 5.78 Å². The zero-order chi connectivity index (χ0) is 16.4. The molecule has 0 bridgehead atoms. The van der Waals surface area contributed by atoms with Crippen molar-refractivity contribution >= 4 is 11.6 Å². The Balaban J connectivity index is 1.74. The minimum atomic E-state index is 0.118. The van der Waals surface area contributed by atoms with Crippen LogP contribution in [-0.2, 0) is 9.59 Å². The van der Waals surface area contributed by atoms with Crippen molar-refractivity contribution in [3.05, 3.63) is 23.3 Å². The van der Waals surface area contributed by atoms with Crippen molar-refractivity contribution in [2.24, 2.45) is 28.6 Å².